The van der Waals surface area contributed by atoms with Crippen molar-refractivity contribution in [3.63, 3.8) is 0 Å². The summed E-state index contributed by atoms with van der Waals surface area (Å²) < 4.78 is 0.618. The Morgan fingerprint density at radius 2 is 2.17 bits per heavy atom. The molecule has 2 heterocycles. The van der Waals surface area contributed by atoms with E-state index in [1.807, 2.05) is 6.07 Å². The number of H-pyrrole nitrogens is 1. The zero-order chi connectivity index (χ0) is 12.9. The molecule has 0 aliphatic rings. The average molecular weight is 305 g/mol. The first kappa shape index (κ1) is 11.2. The molecule has 5 heteroatoms. The molecule has 0 radical (unpaired) electrons. The van der Waals surface area contributed by atoms with Crippen LogP contribution in [0.3, 0.4) is 0 Å². The molecule has 4 nitrogen and oxygen atoms in total. The van der Waals surface area contributed by atoms with Crippen LogP contribution in [-0.4, -0.2) is 20.9 Å². The fraction of sp³-hybridized carbons (Fsp3) is 0.0769. The number of Topliss-reactive ketones (excluding diaryl/α,β-unsaturated/α-hetero) is 1. The van der Waals surface area contributed by atoms with Gasteiger partial charge in [-0.05, 0) is 34.1 Å². The Kier molecular flexibility index (Phi) is 2.38. The lowest BCUT2D eigenvalue weighted by Crippen LogP contribution is -1.96. The van der Waals surface area contributed by atoms with Crippen molar-refractivity contribution in [2.24, 2.45) is 0 Å². The third-order valence-corrected chi connectivity index (χ3v) is 3.74. The van der Waals surface area contributed by atoms with Crippen molar-refractivity contribution >= 4 is 43.5 Å². The fourth-order valence-corrected chi connectivity index (χ4v) is 2.69. The highest BCUT2D eigenvalue weighted by Crippen LogP contribution is 2.37. The maximum Gasteiger partial charge on any atom is 0.180 e. The van der Waals surface area contributed by atoms with Crippen LogP contribution in [0.4, 0.5) is 0 Å². The van der Waals surface area contributed by atoms with Gasteiger partial charge < -0.3 is 10.1 Å². The second kappa shape index (κ2) is 3.81. The second-order valence-electron chi connectivity index (χ2n) is 4.08. The Hall–Kier alpha value is -1.88. The van der Waals surface area contributed by atoms with Crippen LogP contribution in [0.1, 0.15) is 17.4 Å². The minimum atomic E-state index is -0.0903. The Labute approximate surface area is 111 Å². The van der Waals surface area contributed by atoms with Gasteiger partial charge in [0.05, 0.1) is 9.99 Å². The number of rotatable bonds is 1. The summed E-state index contributed by atoms with van der Waals surface area (Å²) in [6, 6.07) is 5.20. The molecule has 1 aromatic carbocycles. The topological polar surface area (TPSA) is 66.0 Å². The number of aromatic hydroxyl groups is 1. The van der Waals surface area contributed by atoms with Crippen molar-refractivity contribution in [3.05, 3.63) is 34.6 Å². The van der Waals surface area contributed by atoms with Gasteiger partial charge in [0, 0.05) is 29.4 Å². The van der Waals surface area contributed by atoms with Crippen LogP contribution in [0.15, 0.2) is 28.9 Å². The normalized spacial score (nSPS) is 11.2. The van der Waals surface area contributed by atoms with Gasteiger partial charge >= 0.3 is 0 Å². The van der Waals surface area contributed by atoms with Gasteiger partial charge in [-0.15, -0.1) is 0 Å². The number of carbonyl (C=O) groups is 1. The summed E-state index contributed by atoms with van der Waals surface area (Å²) >= 11 is 3.37. The number of ketones is 1. The van der Waals surface area contributed by atoms with E-state index >= 15 is 0 Å². The molecule has 3 aromatic rings. The summed E-state index contributed by atoms with van der Waals surface area (Å²) in [4.78, 5) is 18.8. The quantitative estimate of drug-likeness (QED) is 0.677. The van der Waals surface area contributed by atoms with Gasteiger partial charge in [0.25, 0.3) is 0 Å². The average Bonchev–Trinajstić information content (AvgIpc) is 2.72. The zero-order valence-corrected chi connectivity index (χ0v) is 11.1. The first-order chi connectivity index (χ1) is 8.59. The number of pyridine rings is 1. The van der Waals surface area contributed by atoms with Crippen molar-refractivity contribution in [2.45, 2.75) is 6.92 Å². The van der Waals surface area contributed by atoms with E-state index in [-0.39, 0.29) is 11.5 Å². The number of hydrogen-bond acceptors (Lipinski definition) is 3. The largest absolute Gasteiger partial charge is 0.507 e. The first-order valence-electron chi connectivity index (χ1n) is 5.38. The molecule has 0 atom stereocenters. The molecule has 0 saturated carbocycles. The first-order valence-corrected chi connectivity index (χ1v) is 6.17. The van der Waals surface area contributed by atoms with Crippen LogP contribution < -0.4 is 0 Å². The number of hydrogen-bond donors (Lipinski definition) is 2. The maximum absolute atomic E-state index is 11.5. The van der Waals surface area contributed by atoms with Crippen molar-refractivity contribution < 1.29 is 9.90 Å². The molecule has 0 spiro atoms. The predicted octanol–water partition coefficient (Wildman–Crippen LogP) is 3.39. The van der Waals surface area contributed by atoms with E-state index < -0.39 is 0 Å². The highest BCUT2D eigenvalue weighted by Gasteiger charge is 2.15. The molecular formula is C13H9BrN2O2. The van der Waals surface area contributed by atoms with Crippen LogP contribution in [0, 0.1) is 0 Å². The lowest BCUT2D eigenvalue weighted by atomic mass is 10.1. The summed E-state index contributed by atoms with van der Waals surface area (Å²) in [5.74, 6) is 0.0806. The van der Waals surface area contributed by atoms with E-state index in [0.29, 0.717) is 15.7 Å². The standard InChI is InChI=1S/C13H9BrN2O2/c1-6(17)12-13-7(4-5-15-12)10-8(16-13)2-3-9(18)11(10)14/h2-5,16,18H,1H3. The number of phenolic OH excluding ortho intramolecular Hbond substituents is 1. The molecule has 0 aliphatic heterocycles. The number of aromatic nitrogens is 2. The highest BCUT2D eigenvalue weighted by molar-refractivity contribution is 9.10. The Morgan fingerprint density at radius 1 is 1.39 bits per heavy atom. The van der Waals surface area contributed by atoms with Gasteiger partial charge in [0.2, 0.25) is 0 Å². The third kappa shape index (κ3) is 1.44. The van der Waals surface area contributed by atoms with E-state index in [9.17, 15) is 9.90 Å². The van der Waals surface area contributed by atoms with E-state index in [1.165, 1.54) is 6.92 Å². The van der Waals surface area contributed by atoms with E-state index in [2.05, 4.69) is 25.9 Å². The molecule has 0 aliphatic carbocycles. The van der Waals surface area contributed by atoms with Crippen molar-refractivity contribution in [1.29, 1.82) is 0 Å². The van der Waals surface area contributed by atoms with Gasteiger partial charge in [-0.25, -0.2) is 0 Å². The molecule has 0 amide bonds. The van der Waals surface area contributed by atoms with Gasteiger partial charge in [-0.3, -0.25) is 9.78 Å². The van der Waals surface area contributed by atoms with Crippen LogP contribution >= 0.6 is 15.9 Å². The lowest BCUT2D eigenvalue weighted by molar-refractivity contribution is 0.101. The molecule has 0 saturated heterocycles. The van der Waals surface area contributed by atoms with Gasteiger partial charge in [0.15, 0.2) is 5.78 Å². The minimum Gasteiger partial charge on any atom is -0.507 e. The van der Waals surface area contributed by atoms with E-state index in [1.54, 1.807) is 18.3 Å². The molecule has 2 aromatic heterocycles. The Balaban J connectivity index is 2.56. The van der Waals surface area contributed by atoms with Crippen LogP contribution in [0.5, 0.6) is 5.75 Å². The Morgan fingerprint density at radius 3 is 2.89 bits per heavy atom. The molecule has 3 rings (SSSR count). The van der Waals surface area contributed by atoms with Gasteiger partial charge in [-0.1, -0.05) is 0 Å². The summed E-state index contributed by atoms with van der Waals surface area (Å²) in [6.45, 7) is 1.49. The third-order valence-electron chi connectivity index (χ3n) is 2.94. The summed E-state index contributed by atoms with van der Waals surface area (Å²) in [7, 11) is 0. The molecular weight excluding hydrogens is 296 g/mol. The van der Waals surface area contributed by atoms with Crippen LogP contribution in [0.25, 0.3) is 21.8 Å². The molecule has 0 unspecified atom stereocenters. The minimum absolute atomic E-state index is 0.0903. The lowest BCUT2D eigenvalue weighted by Gasteiger charge is -1.99. The Bertz CT molecular complexity index is 792. The SMILES string of the molecule is CC(=O)c1nccc2c1[nH]c1ccc(O)c(Br)c12. The zero-order valence-electron chi connectivity index (χ0n) is 9.49. The summed E-state index contributed by atoms with van der Waals surface area (Å²) in [5, 5.41) is 11.5. The predicted molar refractivity (Wildman–Crippen MR) is 73.0 cm³/mol. The number of carbonyl (C=O) groups excluding carboxylic acids is 1. The molecule has 2 N–H and O–H groups in total. The van der Waals surface area contributed by atoms with E-state index in [4.69, 9.17) is 0 Å². The van der Waals surface area contributed by atoms with Gasteiger partial charge in [0.1, 0.15) is 11.4 Å². The van der Waals surface area contributed by atoms with Crippen molar-refractivity contribution in [3.8, 4) is 5.75 Å². The fourth-order valence-electron chi connectivity index (χ4n) is 2.13. The number of aromatic amines is 1. The molecule has 0 fully saturated rings. The highest BCUT2D eigenvalue weighted by atomic mass is 79.9. The summed E-state index contributed by atoms with van der Waals surface area (Å²) in [6.07, 6.45) is 1.60. The van der Waals surface area contributed by atoms with Crippen LogP contribution in [0.2, 0.25) is 0 Å². The van der Waals surface area contributed by atoms with Crippen LogP contribution in [-0.2, 0) is 0 Å². The maximum atomic E-state index is 11.5. The molecule has 18 heavy (non-hydrogen) atoms. The van der Waals surface area contributed by atoms with Crippen molar-refractivity contribution in [2.75, 3.05) is 0 Å². The molecule has 90 valence electrons. The second-order valence-corrected chi connectivity index (χ2v) is 4.88. The van der Waals surface area contributed by atoms with E-state index in [0.717, 1.165) is 16.3 Å². The number of nitrogens with zero attached hydrogens (tertiary/aromatic N) is 1. The number of halogens is 1. The number of nitrogens with one attached hydrogen (secondary N) is 1. The molecule has 0 bridgehead atoms. The number of fused-ring (bicyclic) bond motifs is 3. The number of phenols is 1. The number of benzene rings is 1. The smallest absolute Gasteiger partial charge is 0.180 e. The van der Waals surface area contributed by atoms with Crippen molar-refractivity contribution in [1.82, 2.24) is 9.97 Å². The monoisotopic (exact) mass is 304 g/mol. The van der Waals surface area contributed by atoms with Gasteiger partial charge in [-0.2, -0.15) is 0 Å². The summed E-state index contributed by atoms with van der Waals surface area (Å²) in [5.41, 5.74) is 1.96.